The van der Waals surface area contributed by atoms with Crippen LogP contribution >= 0.6 is 0 Å². The Morgan fingerprint density at radius 2 is 1.68 bits per heavy atom. The number of carbonyl (C=O) groups excluding carboxylic acids is 1. The highest BCUT2D eigenvalue weighted by atomic mass is 16.5. The molecular weight excluding hydrogens is 274 g/mol. The molecule has 0 aliphatic rings. The van der Waals surface area contributed by atoms with Gasteiger partial charge in [-0.05, 0) is 32.1 Å². The Kier molecular flexibility index (Phi) is 15.9. The van der Waals surface area contributed by atoms with Gasteiger partial charge in [0, 0.05) is 12.5 Å². The average molecular weight is 312 g/mol. The van der Waals surface area contributed by atoms with Gasteiger partial charge in [0.15, 0.2) is 0 Å². The Labute approximate surface area is 137 Å². The van der Waals surface area contributed by atoms with E-state index < -0.39 is 0 Å². The molecule has 0 saturated carbocycles. The molecule has 0 saturated heterocycles. The minimum Gasteiger partial charge on any atom is -0.469 e. The maximum absolute atomic E-state index is 10.9. The van der Waals surface area contributed by atoms with E-state index in [9.17, 15) is 4.79 Å². The molecule has 0 amide bonds. The van der Waals surface area contributed by atoms with Crippen molar-refractivity contribution in [1.82, 2.24) is 0 Å². The summed E-state index contributed by atoms with van der Waals surface area (Å²) in [5.41, 5.74) is 6.10. The summed E-state index contributed by atoms with van der Waals surface area (Å²) in [4.78, 5) is 10.9. The summed E-state index contributed by atoms with van der Waals surface area (Å²) in [7, 11) is 1.45. The van der Waals surface area contributed by atoms with Crippen LogP contribution in [0.4, 0.5) is 0 Å². The Morgan fingerprint density at radius 3 is 2.41 bits per heavy atom. The molecule has 0 aliphatic carbocycles. The van der Waals surface area contributed by atoms with Crippen LogP contribution in [-0.2, 0) is 9.53 Å². The third-order valence-electron chi connectivity index (χ3n) is 4.01. The van der Waals surface area contributed by atoms with Crippen molar-refractivity contribution in [3.05, 3.63) is 12.2 Å². The number of allylic oxidation sites excluding steroid dienone is 1. The van der Waals surface area contributed by atoms with Crippen molar-refractivity contribution in [3.8, 4) is 0 Å². The Bertz CT molecular complexity index is 277. The summed E-state index contributed by atoms with van der Waals surface area (Å²) in [5.74, 6) is -0.0889. The van der Waals surface area contributed by atoms with Gasteiger partial charge in [-0.15, -0.1) is 0 Å². The highest BCUT2D eigenvalue weighted by molar-refractivity contribution is 5.68. The van der Waals surface area contributed by atoms with Crippen LogP contribution in [0.1, 0.15) is 90.4 Å². The van der Waals surface area contributed by atoms with E-state index in [0.29, 0.717) is 12.5 Å². The molecule has 0 rings (SSSR count). The molecule has 3 heteroatoms. The topological polar surface area (TPSA) is 52.3 Å². The molecule has 0 fully saturated rings. The van der Waals surface area contributed by atoms with E-state index in [-0.39, 0.29) is 5.97 Å². The van der Waals surface area contributed by atoms with Crippen LogP contribution in [0, 0.1) is 0 Å². The summed E-state index contributed by atoms with van der Waals surface area (Å²) < 4.78 is 4.62. The fourth-order valence-electron chi connectivity index (χ4n) is 2.50. The van der Waals surface area contributed by atoms with E-state index in [1.807, 2.05) is 0 Å². The number of methoxy groups -OCH3 is 1. The predicted molar refractivity (Wildman–Crippen MR) is 94.8 cm³/mol. The number of carbonyl (C=O) groups is 1. The van der Waals surface area contributed by atoms with Gasteiger partial charge in [-0.3, -0.25) is 4.79 Å². The van der Waals surface area contributed by atoms with E-state index in [0.717, 1.165) is 32.1 Å². The van der Waals surface area contributed by atoms with E-state index in [1.165, 1.54) is 52.1 Å². The molecular formula is C19H37NO2. The molecule has 0 aliphatic heterocycles. The SMILES string of the molecule is CCCCCCC(N)CC=CCCCCCCCC(=O)OC. The molecule has 22 heavy (non-hydrogen) atoms. The van der Waals surface area contributed by atoms with Crippen LogP contribution in [-0.4, -0.2) is 19.1 Å². The molecule has 3 nitrogen and oxygen atoms in total. The predicted octanol–water partition coefficient (Wildman–Crippen LogP) is 5.13. The lowest BCUT2D eigenvalue weighted by molar-refractivity contribution is -0.140. The number of ether oxygens (including phenoxy) is 1. The third-order valence-corrected chi connectivity index (χ3v) is 4.01. The van der Waals surface area contributed by atoms with E-state index in [2.05, 4.69) is 23.8 Å². The fourth-order valence-corrected chi connectivity index (χ4v) is 2.50. The summed E-state index contributed by atoms with van der Waals surface area (Å²) in [6, 6.07) is 0.339. The van der Waals surface area contributed by atoms with Crippen molar-refractivity contribution in [3.63, 3.8) is 0 Å². The number of unbranched alkanes of at least 4 members (excludes halogenated alkanes) is 8. The number of esters is 1. The Balaban J connectivity index is 3.28. The van der Waals surface area contributed by atoms with Gasteiger partial charge in [-0.2, -0.15) is 0 Å². The zero-order valence-corrected chi connectivity index (χ0v) is 14.8. The first kappa shape index (κ1) is 21.2. The molecule has 130 valence electrons. The molecule has 0 aromatic carbocycles. The first-order valence-corrected chi connectivity index (χ1v) is 9.18. The second-order valence-corrected chi connectivity index (χ2v) is 6.20. The maximum atomic E-state index is 10.9. The van der Waals surface area contributed by atoms with Crippen LogP contribution in [0.25, 0.3) is 0 Å². The molecule has 0 radical (unpaired) electrons. The maximum Gasteiger partial charge on any atom is 0.305 e. The van der Waals surface area contributed by atoms with Gasteiger partial charge >= 0.3 is 5.97 Å². The zero-order valence-electron chi connectivity index (χ0n) is 14.8. The largest absolute Gasteiger partial charge is 0.469 e. The fraction of sp³-hybridized carbons (Fsp3) is 0.842. The van der Waals surface area contributed by atoms with Crippen LogP contribution in [0.15, 0.2) is 12.2 Å². The first-order valence-electron chi connectivity index (χ1n) is 9.18. The van der Waals surface area contributed by atoms with Crippen LogP contribution in [0.2, 0.25) is 0 Å². The molecule has 1 unspecified atom stereocenters. The summed E-state index contributed by atoms with van der Waals surface area (Å²) in [5, 5.41) is 0. The van der Waals surface area contributed by atoms with Crippen LogP contribution < -0.4 is 5.73 Å². The lowest BCUT2D eigenvalue weighted by Gasteiger charge is -2.08. The molecule has 0 aromatic rings. The van der Waals surface area contributed by atoms with Crippen molar-refractivity contribution < 1.29 is 9.53 Å². The van der Waals surface area contributed by atoms with Crippen molar-refractivity contribution in [1.29, 1.82) is 0 Å². The van der Waals surface area contributed by atoms with Gasteiger partial charge in [0.25, 0.3) is 0 Å². The summed E-state index contributed by atoms with van der Waals surface area (Å²) >= 11 is 0. The normalized spacial score (nSPS) is 12.7. The Morgan fingerprint density at radius 1 is 1.00 bits per heavy atom. The van der Waals surface area contributed by atoms with Crippen LogP contribution in [0.3, 0.4) is 0 Å². The molecule has 1 atom stereocenters. The van der Waals surface area contributed by atoms with Crippen molar-refractivity contribution in [2.45, 2.75) is 96.4 Å². The molecule has 0 heterocycles. The number of rotatable bonds is 15. The monoisotopic (exact) mass is 311 g/mol. The minimum atomic E-state index is -0.0889. The van der Waals surface area contributed by atoms with Crippen molar-refractivity contribution >= 4 is 5.97 Å². The lowest BCUT2D eigenvalue weighted by atomic mass is 10.0. The highest BCUT2D eigenvalue weighted by Crippen LogP contribution is 2.09. The quantitative estimate of drug-likeness (QED) is 0.259. The van der Waals surface area contributed by atoms with Gasteiger partial charge in [0.2, 0.25) is 0 Å². The average Bonchev–Trinajstić information content (AvgIpc) is 2.53. The lowest BCUT2D eigenvalue weighted by Crippen LogP contribution is -2.18. The van der Waals surface area contributed by atoms with Gasteiger partial charge in [-0.1, -0.05) is 64.0 Å². The van der Waals surface area contributed by atoms with Gasteiger partial charge in [-0.25, -0.2) is 0 Å². The first-order chi connectivity index (χ1) is 10.7. The highest BCUT2D eigenvalue weighted by Gasteiger charge is 2.00. The van der Waals surface area contributed by atoms with Crippen molar-refractivity contribution in [2.75, 3.05) is 7.11 Å². The standard InChI is InChI=1S/C19H37NO2/c1-3-4-5-12-15-18(20)16-13-10-8-6-7-9-11-14-17-19(21)22-2/h10,13,18H,3-9,11-12,14-17,20H2,1-2H3. The number of hydrogen-bond donors (Lipinski definition) is 1. The van der Waals surface area contributed by atoms with E-state index in [1.54, 1.807) is 0 Å². The smallest absolute Gasteiger partial charge is 0.305 e. The number of hydrogen-bond acceptors (Lipinski definition) is 3. The van der Waals surface area contributed by atoms with Gasteiger partial charge in [0.05, 0.1) is 7.11 Å². The Hall–Kier alpha value is -0.830. The molecule has 0 bridgehead atoms. The number of nitrogens with two attached hydrogens (primary N) is 1. The molecule has 0 spiro atoms. The second kappa shape index (κ2) is 16.5. The minimum absolute atomic E-state index is 0.0889. The summed E-state index contributed by atoms with van der Waals surface area (Å²) in [6.07, 6.45) is 19.4. The van der Waals surface area contributed by atoms with Gasteiger partial charge < -0.3 is 10.5 Å². The second-order valence-electron chi connectivity index (χ2n) is 6.20. The molecule has 0 aromatic heterocycles. The van der Waals surface area contributed by atoms with Crippen molar-refractivity contribution in [2.24, 2.45) is 5.73 Å². The third kappa shape index (κ3) is 15.6. The van der Waals surface area contributed by atoms with E-state index >= 15 is 0 Å². The van der Waals surface area contributed by atoms with Crippen LogP contribution in [0.5, 0.6) is 0 Å². The summed E-state index contributed by atoms with van der Waals surface area (Å²) in [6.45, 7) is 2.24. The van der Waals surface area contributed by atoms with E-state index in [4.69, 9.17) is 5.73 Å². The zero-order chi connectivity index (χ0) is 16.5. The van der Waals surface area contributed by atoms with Gasteiger partial charge in [0.1, 0.15) is 0 Å². The molecule has 2 N–H and O–H groups in total.